The van der Waals surface area contributed by atoms with Gasteiger partial charge >= 0.3 is 0 Å². The molecule has 176 valence electrons. The first-order chi connectivity index (χ1) is 15.9. The lowest BCUT2D eigenvalue weighted by atomic mass is 10.0. The Bertz CT molecular complexity index is 1160. The normalized spacial score (nSPS) is 16.0. The highest BCUT2D eigenvalue weighted by molar-refractivity contribution is 7.89. The van der Waals surface area contributed by atoms with E-state index in [1.165, 1.54) is 6.07 Å². The summed E-state index contributed by atoms with van der Waals surface area (Å²) < 4.78 is 44.5. The number of hydrogen-bond acceptors (Lipinski definition) is 6. The first-order valence-electron chi connectivity index (χ1n) is 11.2. The van der Waals surface area contributed by atoms with Crippen molar-refractivity contribution in [1.29, 1.82) is 0 Å². The van der Waals surface area contributed by atoms with Gasteiger partial charge in [-0.2, -0.15) is 4.72 Å². The SMILES string of the molecule is C[C@H](NS(=O)(=O)c1cc2ccccc2o1)C(=O)CCc1cccc(OCC2CCOCC2)c1. The third-order valence-corrected chi connectivity index (χ3v) is 7.26. The van der Waals surface area contributed by atoms with Crippen LogP contribution in [0.2, 0.25) is 0 Å². The molecule has 8 heteroatoms. The summed E-state index contributed by atoms with van der Waals surface area (Å²) in [6, 6.07) is 15.3. The molecule has 0 spiro atoms. The van der Waals surface area contributed by atoms with Gasteiger partial charge < -0.3 is 13.9 Å². The van der Waals surface area contributed by atoms with Crippen LogP contribution in [0.4, 0.5) is 0 Å². The molecule has 0 unspecified atom stereocenters. The van der Waals surface area contributed by atoms with Crippen molar-refractivity contribution in [2.24, 2.45) is 5.92 Å². The lowest BCUT2D eigenvalue weighted by Crippen LogP contribution is -2.38. The maximum Gasteiger partial charge on any atom is 0.274 e. The van der Waals surface area contributed by atoms with Gasteiger partial charge in [0.25, 0.3) is 10.0 Å². The molecule has 1 fully saturated rings. The third-order valence-electron chi connectivity index (χ3n) is 5.87. The molecule has 1 atom stereocenters. The second-order valence-electron chi connectivity index (χ2n) is 8.43. The summed E-state index contributed by atoms with van der Waals surface area (Å²) in [7, 11) is -3.94. The van der Waals surface area contributed by atoms with Gasteiger partial charge in [-0.3, -0.25) is 4.79 Å². The van der Waals surface area contributed by atoms with E-state index in [1.54, 1.807) is 31.2 Å². The highest BCUT2D eigenvalue weighted by Gasteiger charge is 2.25. The molecule has 2 aromatic carbocycles. The number of Topliss-reactive ketones (excluding diaryl/α,β-unsaturated/α-hetero) is 1. The Labute approximate surface area is 194 Å². The predicted molar refractivity (Wildman–Crippen MR) is 125 cm³/mol. The molecule has 0 bridgehead atoms. The number of ketones is 1. The molecular weight excluding hydrogens is 442 g/mol. The van der Waals surface area contributed by atoms with E-state index in [4.69, 9.17) is 13.9 Å². The van der Waals surface area contributed by atoms with Crippen LogP contribution in [0.15, 0.2) is 64.1 Å². The number of ether oxygens (including phenoxy) is 2. The Kier molecular flexibility index (Phi) is 7.47. The van der Waals surface area contributed by atoms with Gasteiger partial charge in [-0.05, 0) is 55.9 Å². The van der Waals surface area contributed by atoms with Crippen molar-refractivity contribution in [1.82, 2.24) is 4.72 Å². The lowest BCUT2D eigenvalue weighted by Gasteiger charge is -2.22. The molecule has 0 amide bonds. The second kappa shape index (κ2) is 10.5. The van der Waals surface area contributed by atoms with E-state index in [1.807, 2.05) is 24.3 Å². The van der Waals surface area contributed by atoms with E-state index >= 15 is 0 Å². The maximum absolute atomic E-state index is 12.7. The predicted octanol–water partition coefficient (Wildman–Crippen LogP) is 4.11. The van der Waals surface area contributed by atoms with Gasteiger partial charge in [0.1, 0.15) is 11.3 Å². The smallest absolute Gasteiger partial charge is 0.274 e. The van der Waals surface area contributed by atoms with Crippen LogP contribution in [-0.2, 0) is 26.0 Å². The first-order valence-corrected chi connectivity index (χ1v) is 12.7. The van der Waals surface area contributed by atoms with Crippen molar-refractivity contribution in [2.45, 2.75) is 43.7 Å². The second-order valence-corrected chi connectivity index (χ2v) is 10.1. The van der Waals surface area contributed by atoms with Gasteiger partial charge in [0.05, 0.1) is 12.6 Å². The van der Waals surface area contributed by atoms with Crippen molar-refractivity contribution in [3.63, 3.8) is 0 Å². The van der Waals surface area contributed by atoms with E-state index in [0.717, 1.165) is 37.4 Å². The summed E-state index contributed by atoms with van der Waals surface area (Å²) in [5, 5.41) is 0.494. The van der Waals surface area contributed by atoms with Gasteiger partial charge in [0, 0.05) is 31.1 Å². The van der Waals surface area contributed by atoms with Crippen LogP contribution in [0, 0.1) is 5.92 Å². The molecular formula is C25H29NO6S. The monoisotopic (exact) mass is 471 g/mol. The summed E-state index contributed by atoms with van der Waals surface area (Å²) in [6.07, 6.45) is 2.74. The van der Waals surface area contributed by atoms with Crippen LogP contribution in [0.5, 0.6) is 5.75 Å². The number of rotatable bonds is 10. The summed E-state index contributed by atoms with van der Waals surface area (Å²) in [5.41, 5.74) is 1.45. The summed E-state index contributed by atoms with van der Waals surface area (Å²) >= 11 is 0. The Morgan fingerprint density at radius 3 is 2.70 bits per heavy atom. The molecule has 33 heavy (non-hydrogen) atoms. The van der Waals surface area contributed by atoms with Crippen molar-refractivity contribution < 1.29 is 27.1 Å². The highest BCUT2D eigenvalue weighted by atomic mass is 32.2. The average molecular weight is 472 g/mol. The minimum absolute atomic E-state index is 0.191. The Hall–Kier alpha value is -2.68. The number of furan rings is 1. The van der Waals surface area contributed by atoms with E-state index in [0.29, 0.717) is 29.9 Å². The maximum atomic E-state index is 12.7. The number of aryl methyl sites for hydroxylation is 1. The highest BCUT2D eigenvalue weighted by Crippen LogP contribution is 2.23. The van der Waals surface area contributed by atoms with Crippen molar-refractivity contribution in [3.05, 3.63) is 60.2 Å². The van der Waals surface area contributed by atoms with Gasteiger partial charge in [0.15, 0.2) is 5.78 Å². The number of hydrogen-bond donors (Lipinski definition) is 1. The standard InChI is InChI=1S/C25H29NO6S/c1-18(26-33(28,29)25-16-21-6-2-3-8-24(21)32-25)23(27)10-9-19-5-4-7-22(15-19)31-17-20-11-13-30-14-12-20/h2-8,15-16,18,20,26H,9-14,17H2,1H3/t18-/m0/s1. The minimum Gasteiger partial charge on any atom is -0.493 e. The molecule has 0 saturated carbocycles. The fourth-order valence-electron chi connectivity index (χ4n) is 3.85. The zero-order valence-electron chi connectivity index (χ0n) is 18.7. The molecule has 2 heterocycles. The minimum atomic E-state index is -3.94. The zero-order chi connectivity index (χ0) is 23.3. The number of sulfonamides is 1. The number of benzene rings is 2. The zero-order valence-corrected chi connectivity index (χ0v) is 19.5. The molecule has 3 aromatic rings. The molecule has 1 aliphatic heterocycles. The van der Waals surface area contributed by atoms with E-state index < -0.39 is 16.1 Å². The largest absolute Gasteiger partial charge is 0.493 e. The molecule has 0 radical (unpaired) electrons. The van der Waals surface area contributed by atoms with Crippen molar-refractivity contribution in [3.8, 4) is 5.75 Å². The summed E-state index contributed by atoms with van der Waals surface area (Å²) in [6.45, 7) is 3.78. The fraction of sp³-hybridized carbons (Fsp3) is 0.400. The van der Waals surface area contributed by atoms with Crippen LogP contribution >= 0.6 is 0 Å². The van der Waals surface area contributed by atoms with E-state index in [9.17, 15) is 13.2 Å². The average Bonchev–Trinajstić information content (AvgIpc) is 3.27. The van der Waals surface area contributed by atoms with Crippen molar-refractivity contribution >= 4 is 26.8 Å². The van der Waals surface area contributed by atoms with E-state index in [2.05, 4.69) is 4.72 Å². The topological polar surface area (TPSA) is 94.8 Å². The van der Waals surface area contributed by atoms with Gasteiger partial charge in [-0.25, -0.2) is 8.42 Å². The van der Waals surface area contributed by atoms with Crippen LogP contribution in [-0.4, -0.2) is 40.1 Å². The summed E-state index contributed by atoms with van der Waals surface area (Å²) in [4.78, 5) is 12.6. The Balaban J connectivity index is 1.29. The molecule has 1 saturated heterocycles. The van der Waals surface area contributed by atoms with Gasteiger partial charge in [0.2, 0.25) is 5.09 Å². The molecule has 4 rings (SSSR count). The summed E-state index contributed by atoms with van der Waals surface area (Å²) in [5.74, 6) is 1.10. The fourth-order valence-corrected chi connectivity index (χ4v) is 5.04. The molecule has 1 aromatic heterocycles. The van der Waals surface area contributed by atoms with Crippen LogP contribution in [0.1, 0.15) is 31.7 Å². The number of fused-ring (bicyclic) bond motifs is 1. The van der Waals surface area contributed by atoms with E-state index in [-0.39, 0.29) is 17.3 Å². The van der Waals surface area contributed by atoms with Gasteiger partial charge in [-0.1, -0.05) is 30.3 Å². The third kappa shape index (κ3) is 6.22. The lowest BCUT2D eigenvalue weighted by molar-refractivity contribution is -0.120. The van der Waals surface area contributed by atoms with Gasteiger partial charge in [-0.15, -0.1) is 0 Å². The molecule has 1 aliphatic rings. The molecule has 1 N–H and O–H groups in total. The number of nitrogens with one attached hydrogen (secondary N) is 1. The number of carbonyl (C=O) groups is 1. The number of para-hydroxylation sites is 1. The quantitative estimate of drug-likeness (QED) is 0.478. The number of carbonyl (C=O) groups excluding carboxylic acids is 1. The molecule has 0 aliphatic carbocycles. The first kappa shape index (κ1) is 23.5. The Morgan fingerprint density at radius 1 is 1.12 bits per heavy atom. The molecule has 7 nitrogen and oxygen atoms in total. The van der Waals surface area contributed by atoms with Crippen LogP contribution in [0.25, 0.3) is 11.0 Å². The van der Waals surface area contributed by atoms with Crippen molar-refractivity contribution in [2.75, 3.05) is 19.8 Å². The van der Waals surface area contributed by atoms with Crippen LogP contribution in [0.3, 0.4) is 0 Å². The Morgan fingerprint density at radius 2 is 1.91 bits per heavy atom. The van der Waals surface area contributed by atoms with Crippen LogP contribution < -0.4 is 9.46 Å².